The summed E-state index contributed by atoms with van der Waals surface area (Å²) in [6.45, 7) is 5.49. The van der Waals surface area contributed by atoms with Gasteiger partial charge in [-0.05, 0) is 38.8 Å². The van der Waals surface area contributed by atoms with Gasteiger partial charge < -0.3 is 14.7 Å². The van der Waals surface area contributed by atoms with Crippen molar-refractivity contribution in [1.82, 2.24) is 14.6 Å². The number of aliphatic carboxylic acids is 1. The van der Waals surface area contributed by atoms with Gasteiger partial charge in [-0.15, -0.1) is 0 Å². The van der Waals surface area contributed by atoms with Crippen LogP contribution in [0.15, 0.2) is 30.3 Å². The number of fused-ring (bicyclic) bond motifs is 1. The maximum Gasteiger partial charge on any atom is 0.308 e. The van der Waals surface area contributed by atoms with Crippen LogP contribution in [-0.4, -0.2) is 45.4 Å². The molecule has 0 spiro atoms. The van der Waals surface area contributed by atoms with Gasteiger partial charge in [-0.25, -0.2) is 4.98 Å². The number of carbonyl (C=O) groups is 1. The number of benzene rings is 1. The van der Waals surface area contributed by atoms with E-state index in [4.69, 9.17) is 21.4 Å². The molecule has 0 aliphatic carbocycles. The second-order valence-electron chi connectivity index (χ2n) is 7.21. The van der Waals surface area contributed by atoms with Crippen LogP contribution >= 0.6 is 11.6 Å². The maximum absolute atomic E-state index is 11.6. The van der Waals surface area contributed by atoms with Crippen molar-refractivity contribution in [3.05, 3.63) is 41.0 Å². The number of ether oxygens (including phenoxy) is 1. The number of aromatic nitrogens is 3. The molecule has 1 aliphatic rings. The van der Waals surface area contributed by atoms with E-state index in [0.29, 0.717) is 36.0 Å². The summed E-state index contributed by atoms with van der Waals surface area (Å²) < 4.78 is 7.70. The van der Waals surface area contributed by atoms with Crippen LogP contribution in [0.25, 0.3) is 16.9 Å². The fourth-order valence-electron chi connectivity index (χ4n) is 3.81. The van der Waals surface area contributed by atoms with Gasteiger partial charge in [0.2, 0.25) is 0 Å². The molecule has 7 nitrogen and oxygen atoms in total. The van der Waals surface area contributed by atoms with E-state index in [0.717, 1.165) is 35.7 Å². The van der Waals surface area contributed by atoms with Crippen LogP contribution in [0.4, 0.5) is 5.82 Å². The summed E-state index contributed by atoms with van der Waals surface area (Å²) in [7, 11) is 0. The first-order chi connectivity index (χ1) is 14.0. The van der Waals surface area contributed by atoms with Gasteiger partial charge in [0.15, 0.2) is 17.2 Å². The Hall–Kier alpha value is -2.80. The topological polar surface area (TPSA) is 80.0 Å². The van der Waals surface area contributed by atoms with Gasteiger partial charge in [-0.3, -0.25) is 4.79 Å². The Morgan fingerprint density at radius 2 is 2.10 bits per heavy atom. The third-order valence-electron chi connectivity index (χ3n) is 5.20. The number of piperidine rings is 1. The molecule has 1 N–H and O–H groups in total. The van der Waals surface area contributed by atoms with Gasteiger partial charge in [-0.2, -0.15) is 9.61 Å². The number of rotatable bonds is 5. The molecule has 0 amide bonds. The number of hydrogen-bond acceptors (Lipinski definition) is 5. The Morgan fingerprint density at radius 3 is 2.79 bits per heavy atom. The van der Waals surface area contributed by atoms with E-state index in [9.17, 15) is 9.90 Å². The lowest BCUT2D eigenvalue weighted by atomic mass is 9.98. The van der Waals surface area contributed by atoms with E-state index in [2.05, 4.69) is 9.88 Å². The highest BCUT2D eigenvalue weighted by Gasteiger charge is 2.30. The van der Waals surface area contributed by atoms with Crippen LogP contribution in [0.3, 0.4) is 0 Å². The molecule has 29 heavy (non-hydrogen) atoms. The first kappa shape index (κ1) is 19.5. The van der Waals surface area contributed by atoms with Crippen molar-refractivity contribution in [1.29, 1.82) is 0 Å². The number of anilines is 1. The number of nitrogens with zero attached hydrogens (tertiary/aromatic N) is 4. The molecule has 1 aliphatic heterocycles. The van der Waals surface area contributed by atoms with Gasteiger partial charge in [0.1, 0.15) is 0 Å². The molecule has 3 heterocycles. The Kier molecular flexibility index (Phi) is 5.32. The fraction of sp³-hybridized carbons (Fsp3) is 0.381. The third-order valence-corrected chi connectivity index (χ3v) is 5.46. The molecule has 1 unspecified atom stereocenters. The molecule has 1 aromatic carbocycles. The van der Waals surface area contributed by atoms with E-state index >= 15 is 0 Å². The Morgan fingerprint density at radius 1 is 1.34 bits per heavy atom. The van der Waals surface area contributed by atoms with Gasteiger partial charge in [0.05, 0.1) is 23.9 Å². The molecule has 1 fully saturated rings. The normalized spacial score (nSPS) is 16.9. The minimum atomic E-state index is -0.767. The molecule has 0 saturated carbocycles. The highest BCUT2D eigenvalue weighted by atomic mass is 35.5. The maximum atomic E-state index is 11.6. The summed E-state index contributed by atoms with van der Waals surface area (Å²) in [4.78, 5) is 18.3. The minimum Gasteiger partial charge on any atom is -0.488 e. The molecule has 4 rings (SSSR count). The predicted octanol–water partition coefficient (Wildman–Crippen LogP) is 4.06. The summed E-state index contributed by atoms with van der Waals surface area (Å²) in [6, 6.07) is 9.42. The molecule has 8 heteroatoms. The first-order valence-electron chi connectivity index (χ1n) is 9.74. The van der Waals surface area contributed by atoms with Crippen LogP contribution in [0, 0.1) is 12.8 Å². The lowest BCUT2D eigenvalue weighted by molar-refractivity contribution is -0.141. The first-order valence-corrected chi connectivity index (χ1v) is 10.1. The van der Waals surface area contributed by atoms with Gasteiger partial charge in [0.25, 0.3) is 0 Å². The molecule has 0 radical (unpaired) electrons. The van der Waals surface area contributed by atoms with Crippen molar-refractivity contribution < 1.29 is 14.6 Å². The lowest BCUT2D eigenvalue weighted by Crippen LogP contribution is -2.40. The van der Waals surface area contributed by atoms with Crippen molar-refractivity contribution in [3.63, 3.8) is 0 Å². The largest absolute Gasteiger partial charge is 0.488 e. The summed E-state index contributed by atoms with van der Waals surface area (Å²) in [5.74, 6) is 0.238. The Labute approximate surface area is 173 Å². The average Bonchev–Trinajstić information content (AvgIpc) is 3.12. The van der Waals surface area contributed by atoms with Crippen LogP contribution in [0.1, 0.15) is 25.5 Å². The fourth-order valence-corrected chi connectivity index (χ4v) is 3.94. The molecule has 2 aromatic heterocycles. The van der Waals surface area contributed by atoms with Crippen LogP contribution in [-0.2, 0) is 4.79 Å². The SMILES string of the molecule is CCOc1c(C)nc2cc(-c3ccc(Cl)cc3)nn2c1N1CCCC(C(=O)O)C1. The minimum absolute atomic E-state index is 0.409. The zero-order chi connectivity index (χ0) is 20.5. The van der Waals surface area contributed by atoms with Gasteiger partial charge in [-0.1, -0.05) is 23.7 Å². The number of carboxylic acid groups (broad SMARTS) is 1. The zero-order valence-corrected chi connectivity index (χ0v) is 17.2. The molecule has 3 aromatic rings. The summed E-state index contributed by atoms with van der Waals surface area (Å²) in [6.07, 6.45) is 1.48. The monoisotopic (exact) mass is 414 g/mol. The smallest absolute Gasteiger partial charge is 0.308 e. The quantitative estimate of drug-likeness (QED) is 0.678. The lowest BCUT2D eigenvalue weighted by Gasteiger charge is -2.33. The summed E-state index contributed by atoms with van der Waals surface area (Å²) in [5, 5.41) is 15.0. The van der Waals surface area contributed by atoms with E-state index < -0.39 is 11.9 Å². The number of hydrogen-bond donors (Lipinski definition) is 1. The average molecular weight is 415 g/mol. The predicted molar refractivity (Wildman–Crippen MR) is 112 cm³/mol. The zero-order valence-electron chi connectivity index (χ0n) is 16.4. The second kappa shape index (κ2) is 7.91. The van der Waals surface area contributed by atoms with Crippen molar-refractivity contribution in [2.45, 2.75) is 26.7 Å². The summed E-state index contributed by atoms with van der Waals surface area (Å²) in [5.41, 5.74) is 3.16. The molecular formula is C21H23ClN4O3. The molecule has 0 bridgehead atoms. The van der Waals surface area contributed by atoms with E-state index in [1.54, 1.807) is 4.52 Å². The van der Waals surface area contributed by atoms with E-state index in [1.807, 2.05) is 44.2 Å². The second-order valence-corrected chi connectivity index (χ2v) is 7.65. The Bertz CT molecular complexity index is 1050. The third kappa shape index (κ3) is 3.74. The standard InChI is InChI=1S/C21H23ClN4O3/c1-3-29-19-13(2)23-18-11-17(14-6-8-16(22)9-7-14)24-26(18)20(19)25-10-4-5-15(12-25)21(27)28/h6-9,11,15H,3-5,10,12H2,1-2H3,(H,27,28). The molecule has 152 valence electrons. The van der Waals surface area contributed by atoms with Crippen LogP contribution in [0.5, 0.6) is 5.75 Å². The highest BCUT2D eigenvalue weighted by molar-refractivity contribution is 6.30. The van der Waals surface area contributed by atoms with Gasteiger partial charge in [0, 0.05) is 29.7 Å². The highest BCUT2D eigenvalue weighted by Crippen LogP contribution is 2.35. The number of aryl methyl sites for hydroxylation is 1. The van der Waals surface area contributed by atoms with E-state index in [1.165, 1.54) is 0 Å². The Balaban J connectivity index is 1.86. The van der Waals surface area contributed by atoms with Gasteiger partial charge >= 0.3 is 5.97 Å². The summed E-state index contributed by atoms with van der Waals surface area (Å²) >= 11 is 6.01. The van der Waals surface area contributed by atoms with Crippen molar-refractivity contribution in [3.8, 4) is 17.0 Å². The van der Waals surface area contributed by atoms with Crippen LogP contribution < -0.4 is 9.64 Å². The number of halogens is 1. The molecule has 1 saturated heterocycles. The number of carboxylic acids is 1. The van der Waals surface area contributed by atoms with Crippen molar-refractivity contribution in [2.24, 2.45) is 5.92 Å². The molecular weight excluding hydrogens is 392 g/mol. The van der Waals surface area contributed by atoms with Crippen molar-refractivity contribution in [2.75, 3.05) is 24.6 Å². The van der Waals surface area contributed by atoms with Crippen molar-refractivity contribution >= 4 is 29.0 Å². The molecule has 1 atom stereocenters. The van der Waals surface area contributed by atoms with Crippen LogP contribution in [0.2, 0.25) is 5.02 Å². The van der Waals surface area contributed by atoms with E-state index in [-0.39, 0.29) is 0 Å².